The van der Waals surface area contributed by atoms with E-state index in [9.17, 15) is 0 Å². The first-order chi connectivity index (χ1) is 7.45. The molecule has 0 amide bonds. The zero-order chi connectivity index (χ0) is 10.3. The van der Waals surface area contributed by atoms with Crippen molar-refractivity contribution in [3.63, 3.8) is 0 Å². The van der Waals surface area contributed by atoms with Gasteiger partial charge in [0.05, 0.1) is 6.26 Å². The van der Waals surface area contributed by atoms with E-state index in [-0.39, 0.29) is 0 Å². The molecule has 3 heteroatoms. The molecular formula is C12H20N2O. The second-order valence-electron chi connectivity index (χ2n) is 4.16. The van der Waals surface area contributed by atoms with E-state index in [2.05, 4.69) is 10.6 Å². The van der Waals surface area contributed by atoms with E-state index < -0.39 is 0 Å². The summed E-state index contributed by atoms with van der Waals surface area (Å²) in [4.78, 5) is 0. The minimum atomic E-state index is 0.751. The normalized spacial score (nSPS) is 20.9. The van der Waals surface area contributed by atoms with E-state index in [1.807, 2.05) is 12.1 Å². The summed E-state index contributed by atoms with van der Waals surface area (Å²) in [6, 6.07) is 4.72. The molecule has 0 bridgehead atoms. The van der Waals surface area contributed by atoms with Gasteiger partial charge >= 0.3 is 0 Å². The van der Waals surface area contributed by atoms with Gasteiger partial charge in [0, 0.05) is 19.0 Å². The van der Waals surface area contributed by atoms with Crippen LogP contribution in [0.4, 0.5) is 0 Å². The first kappa shape index (κ1) is 10.7. The molecule has 1 aliphatic rings. The van der Waals surface area contributed by atoms with Gasteiger partial charge in [0.15, 0.2) is 0 Å². The molecule has 3 nitrogen and oxygen atoms in total. The third-order valence-electron chi connectivity index (χ3n) is 2.96. The third kappa shape index (κ3) is 3.68. The van der Waals surface area contributed by atoms with Gasteiger partial charge in [-0.25, -0.2) is 0 Å². The Morgan fingerprint density at radius 3 is 3.20 bits per heavy atom. The second-order valence-corrected chi connectivity index (χ2v) is 4.16. The van der Waals surface area contributed by atoms with Crippen LogP contribution in [0.2, 0.25) is 0 Å². The van der Waals surface area contributed by atoms with Gasteiger partial charge < -0.3 is 15.1 Å². The van der Waals surface area contributed by atoms with Crippen LogP contribution in [0.1, 0.15) is 25.0 Å². The van der Waals surface area contributed by atoms with E-state index >= 15 is 0 Å². The average Bonchev–Trinajstić information content (AvgIpc) is 2.88. The van der Waals surface area contributed by atoms with Crippen molar-refractivity contribution in [3.8, 4) is 0 Å². The monoisotopic (exact) mass is 208 g/mol. The van der Waals surface area contributed by atoms with Gasteiger partial charge in [0.25, 0.3) is 0 Å². The van der Waals surface area contributed by atoms with Crippen molar-refractivity contribution in [1.29, 1.82) is 0 Å². The predicted molar refractivity (Wildman–Crippen MR) is 60.9 cm³/mol. The zero-order valence-corrected chi connectivity index (χ0v) is 9.17. The number of rotatable bonds is 6. The molecule has 0 aromatic carbocycles. The van der Waals surface area contributed by atoms with E-state index in [0.29, 0.717) is 0 Å². The topological polar surface area (TPSA) is 37.2 Å². The molecule has 1 fully saturated rings. The van der Waals surface area contributed by atoms with Gasteiger partial charge in [-0.15, -0.1) is 0 Å². The molecule has 1 atom stereocenters. The largest absolute Gasteiger partial charge is 0.469 e. The maximum Gasteiger partial charge on any atom is 0.105 e. The number of nitrogens with one attached hydrogen (secondary N) is 2. The van der Waals surface area contributed by atoms with Gasteiger partial charge in [0.2, 0.25) is 0 Å². The van der Waals surface area contributed by atoms with Crippen LogP contribution in [0, 0.1) is 0 Å². The summed E-state index contributed by atoms with van der Waals surface area (Å²) in [7, 11) is 0. The summed E-state index contributed by atoms with van der Waals surface area (Å²) in [6.07, 6.45) is 6.66. The SMILES string of the molecule is c1coc(CCNCCC2CCCN2)c1. The second kappa shape index (κ2) is 5.93. The Kier molecular flexibility index (Phi) is 4.23. The zero-order valence-electron chi connectivity index (χ0n) is 9.17. The fraction of sp³-hybridized carbons (Fsp3) is 0.667. The lowest BCUT2D eigenvalue weighted by atomic mass is 10.1. The first-order valence-electron chi connectivity index (χ1n) is 5.91. The molecule has 1 saturated heterocycles. The van der Waals surface area contributed by atoms with E-state index in [1.54, 1.807) is 6.26 Å². The molecule has 1 unspecified atom stereocenters. The molecule has 2 N–H and O–H groups in total. The minimum Gasteiger partial charge on any atom is -0.469 e. The summed E-state index contributed by atoms with van der Waals surface area (Å²) >= 11 is 0. The number of hydrogen-bond donors (Lipinski definition) is 2. The summed E-state index contributed by atoms with van der Waals surface area (Å²) < 4.78 is 5.26. The maximum absolute atomic E-state index is 5.26. The molecule has 1 aromatic heterocycles. The highest BCUT2D eigenvalue weighted by Gasteiger charge is 2.12. The van der Waals surface area contributed by atoms with Crippen LogP contribution in [-0.4, -0.2) is 25.7 Å². The molecule has 2 heterocycles. The standard InChI is InChI=1S/C12H20N2O/c1-3-11(14-7-1)5-8-13-9-6-12-4-2-10-15-12/h2,4,10-11,13-14H,1,3,5-9H2. The third-order valence-corrected chi connectivity index (χ3v) is 2.96. The molecule has 0 saturated carbocycles. The van der Waals surface area contributed by atoms with Crippen molar-refractivity contribution in [2.24, 2.45) is 0 Å². The Balaban J connectivity index is 1.48. The highest BCUT2D eigenvalue weighted by Crippen LogP contribution is 2.07. The first-order valence-corrected chi connectivity index (χ1v) is 5.91. The lowest BCUT2D eigenvalue weighted by Crippen LogP contribution is -2.27. The Morgan fingerprint density at radius 1 is 1.47 bits per heavy atom. The van der Waals surface area contributed by atoms with Crippen molar-refractivity contribution >= 4 is 0 Å². The molecule has 84 valence electrons. The Morgan fingerprint density at radius 2 is 2.47 bits per heavy atom. The average molecular weight is 208 g/mol. The van der Waals surface area contributed by atoms with Crippen molar-refractivity contribution in [1.82, 2.24) is 10.6 Å². The predicted octanol–water partition coefficient (Wildman–Crippen LogP) is 1.55. The number of furan rings is 1. The highest BCUT2D eigenvalue weighted by molar-refractivity contribution is 4.98. The van der Waals surface area contributed by atoms with Gasteiger partial charge in [-0.1, -0.05) is 0 Å². The van der Waals surface area contributed by atoms with Crippen LogP contribution in [0.25, 0.3) is 0 Å². The summed E-state index contributed by atoms with van der Waals surface area (Å²) in [6.45, 7) is 3.33. The smallest absolute Gasteiger partial charge is 0.105 e. The highest BCUT2D eigenvalue weighted by atomic mass is 16.3. The lowest BCUT2D eigenvalue weighted by Gasteiger charge is -2.10. The molecule has 0 radical (unpaired) electrons. The van der Waals surface area contributed by atoms with Crippen LogP contribution >= 0.6 is 0 Å². The molecule has 0 aliphatic carbocycles. The van der Waals surface area contributed by atoms with E-state index in [4.69, 9.17) is 4.42 Å². The van der Waals surface area contributed by atoms with Crippen molar-refractivity contribution in [2.75, 3.05) is 19.6 Å². The van der Waals surface area contributed by atoms with Gasteiger partial charge in [-0.2, -0.15) is 0 Å². The number of hydrogen-bond acceptors (Lipinski definition) is 3. The van der Waals surface area contributed by atoms with Crippen LogP contribution in [0.5, 0.6) is 0 Å². The quantitative estimate of drug-likeness (QED) is 0.697. The molecule has 0 spiro atoms. The van der Waals surface area contributed by atoms with Gasteiger partial charge in [-0.05, 0) is 44.5 Å². The van der Waals surface area contributed by atoms with Crippen LogP contribution in [0.15, 0.2) is 22.8 Å². The summed E-state index contributed by atoms with van der Waals surface area (Å²) in [5, 5.41) is 6.95. The Hall–Kier alpha value is -0.800. The van der Waals surface area contributed by atoms with Crippen LogP contribution in [-0.2, 0) is 6.42 Å². The summed E-state index contributed by atoms with van der Waals surface area (Å²) in [5.41, 5.74) is 0. The molecule has 2 rings (SSSR count). The van der Waals surface area contributed by atoms with Crippen molar-refractivity contribution < 1.29 is 4.42 Å². The Labute approximate surface area is 91.2 Å². The molecule has 1 aliphatic heterocycles. The van der Waals surface area contributed by atoms with Gasteiger partial charge in [-0.3, -0.25) is 0 Å². The maximum atomic E-state index is 5.26. The van der Waals surface area contributed by atoms with E-state index in [0.717, 1.165) is 31.3 Å². The van der Waals surface area contributed by atoms with Crippen LogP contribution in [0.3, 0.4) is 0 Å². The van der Waals surface area contributed by atoms with E-state index in [1.165, 1.54) is 25.8 Å². The van der Waals surface area contributed by atoms with Crippen molar-refractivity contribution in [2.45, 2.75) is 31.7 Å². The van der Waals surface area contributed by atoms with Gasteiger partial charge in [0.1, 0.15) is 5.76 Å². The lowest BCUT2D eigenvalue weighted by molar-refractivity contribution is 0.486. The fourth-order valence-corrected chi connectivity index (χ4v) is 2.07. The minimum absolute atomic E-state index is 0.751. The fourth-order valence-electron chi connectivity index (χ4n) is 2.07. The van der Waals surface area contributed by atoms with Crippen LogP contribution < -0.4 is 10.6 Å². The van der Waals surface area contributed by atoms with Crippen molar-refractivity contribution in [3.05, 3.63) is 24.2 Å². The molecule has 15 heavy (non-hydrogen) atoms. The Bertz CT molecular complexity index is 253. The molecule has 1 aromatic rings. The molecular weight excluding hydrogens is 188 g/mol. The summed E-state index contributed by atoms with van der Waals surface area (Å²) in [5.74, 6) is 1.07.